The SMILES string of the molecule is COC(=O)C1=C(C(=O)OC)N(c2ccc(N3CCCC(C)C3)c(Cl)c2)C(N)=C(C#N)C1c1ccccc1. The van der Waals surface area contributed by atoms with Gasteiger partial charge in [0.15, 0.2) is 0 Å². The standard InChI is InChI=1S/C28H29ClN4O4/c1-17-8-7-13-32(16-17)22-12-11-19(14-21(22)29)33-25(28(35)37-3)24(27(34)36-2)23(20(15-30)26(33)31)18-9-5-4-6-10-18/h4-6,9-12,14,17,23H,7-8,13,16,31H2,1-3H3. The second-order valence-electron chi connectivity index (χ2n) is 9.16. The van der Waals surface area contributed by atoms with Crippen LogP contribution < -0.4 is 15.5 Å². The van der Waals surface area contributed by atoms with Crippen molar-refractivity contribution in [2.75, 3.05) is 37.1 Å². The number of nitrogens with zero attached hydrogens (tertiary/aromatic N) is 3. The summed E-state index contributed by atoms with van der Waals surface area (Å²) in [5.74, 6) is -1.95. The monoisotopic (exact) mass is 520 g/mol. The first-order valence-corrected chi connectivity index (χ1v) is 12.4. The maximum absolute atomic E-state index is 13.2. The van der Waals surface area contributed by atoms with Crippen molar-refractivity contribution in [3.8, 4) is 6.07 Å². The van der Waals surface area contributed by atoms with Gasteiger partial charge < -0.3 is 20.1 Å². The molecule has 4 rings (SSSR count). The molecule has 2 aliphatic heterocycles. The normalized spacial score (nSPS) is 20.0. The molecular formula is C28H29ClN4O4. The summed E-state index contributed by atoms with van der Waals surface area (Å²) in [5.41, 5.74) is 8.38. The van der Waals surface area contributed by atoms with Gasteiger partial charge in [-0.1, -0.05) is 48.9 Å². The lowest BCUT2D eigenvalue weighted by Gasteiger charge is -2.37. The minimum Gasteiger partial charge on any atom is -0.466 e. The smallest absolute Gasteiger partial charge is 0.355 e. The van der Waals surface area contributed by atoms with Crippen LogP contribution in [-0.2, 0) is 19.1 Å². The minimum atomic E-state index is -0.923. The van der Waals surface area contributed by atoms with Gasteiger partial charge in [-0.05, 0) is 42.5 Å². The molecule has 2 aromatic rings. The molecule has 8 nitrogen and oxygen atoms in total. The Kier molecular flexibility index (Phi) is 7.74. The quantitative estimate of drug-likeness (QED) is 0.575. The predicted octanol–water partition coefficient (Wildman–Crippen LogP) is 4.47. The molecule has 0 amide bonds. The van der Waals surface area contributed by atoms with Crippen molar-refractivity contribution < 1.29 is 19.1 Å². The van der Waals surface area contributed by atoms with Gasteiger partial charge in [-0.15, -0.1) is 0 Å². The van der Waals surface area contributed by atoms with Gasteiger partial charge in [0.25, 0.3) is 0 Å². The maximum Gasteiger partial charge on any atom is 0.355 e. The summed E-state index contributed by atoms with van der Waals surface area (Å²) >= 11 is 6.75. The number of anilines is 2. The molecule has 37 heavy (non-hydrogen) atoms. The number of hydrogen-bond acceptors (Lipinski definition) is 8. The van der Waals surface area contributed by atoms with Gasteiger partial charge in [-0.2, -0.15) is 5.26 Å². The summed E-state index contributed by atoms with van der Waals surface area (Å²) in [5, 5.41) is 10.6. The van der Waals surface area contributed by atoms with Crippen LogP contribution in [0.3, 0.4) is 0 Å². The number of nitrogens with two attached hydrogens (primary N) is 1. The van der Waals surface area contributed by atoms with Gasteiger partial charge in [0.05, 0.1) is 48.1 Å². The third kappa shape index (κ3) is 4.87. The van der Waals surface area contributed by atoms with Crippen LogP contribution in [0.4, 0.5) is 11.4 Å². The highest BCUT2D eigenvalue weighted by molar-refractivity contribution is 6.33. The molecule has 9 heteroatoms. The van der Waals surface area contributed by atoms with Crippen molar-refractivity contribution in [2.24, 2.45) is 11.7 Å². The zero-order chi connectivity index (χ0) is 26.7. The van der Waals surface area contributed by atoms with E-state index in [-0.39, 0.29) is 22.7 Å². The Bertz CT molecular complexity index is 1320. The number of ether oxygens (including phenoxy) is 2. The molecule has 0 radical (unpaired) electrons. The molecule has 0 spiro atoms. The molecule has 2 unspecified atom stereocenters. The molecular weight excluding hydrogens is 492 g/mol. The van der Waals surface area contributed by atoms with Crippen molar-refractivity contribution in [1.82, 2.24) is 0 Å². The average molecular weight is 521 g/mol. The van der Waals surface area contributed by atoms with E-state index in [0.717, 1.165) is 25.2 Å². The highest BCUT2D eigenvalue weighted by atomic mass is 35.5. The van der Waals surface area contributed by atoms with E-state index in [1.165, 1.54) is 25.5 Å². The first kappa shape index (κ1) is 26.1. The van der Waals surface area contributed by atoms with E-state index in [2.05, 4.69) is 17.9 Å². The number of carbonyl (C=O) groups excluding carboxylic acids is 2. The zero-order valence-corrected chi connectivity index (χ0v) is 21.8. The lowest BCUT2D eigenvalue weighted by molar-refractivity contribution is -0.139. The third-order valence-corrected chi connectivity index (χ3v) is 7.10. The molecule has 1 fully saturated rings. The van der Waals surface area contributed by atoms with Gasteiger partial charge in [0, 0.05) is 18.8 Å². The van der Waals surface area contributed by atoms with E-state index >= 15 is 0 Å². The molecule has 2 heterocycles. The number of esters is 2. The molecule has 0 aliphatic carbocycles. The second-order valence-corrected chi connectivity index (χ2v) is 9.57. The molecule has 192 valence electrons. The number of halogens is 1. The van der Waals surface area contributed by atoms with Crippen molar-refractivity contribution in [2.45, 2.75) is 25.7 Å². The first-order valence-electron chi connectivity index (χ1n) is 12.0. The van der Waals surface area contributed by atoms with Crippen molar-refractivity contribution >= 4 is 34.9 Å². The topological polar surface area (TPSA) is 109 Å². The lowest BCUT2D eigenvalue weighted by atomic mass is 9.81. The number of hydrogen-bond donors (Lipinski definition) is 1. The van der Waals surface area contributed by atoms with Gasteiger partial charge >= 0.3 is 11.9 Å². The van der Waals surface area contributed by atoms with E-state index in [9.17, 15) is 14.9 Å². The fraction of sp³-hybridized carbons (Fsp3) is 0.321. The molecule has 0 saturated carbocycles. The lowest BCUT2D eigenvalue weighted by Crippen LogP contribution is -2.40. The van der Waals surface area contributed by atoms with Gasteiger partial charge in [-0.25, -0.2) is 9.59 Å². The summed E-state index contributed by atoms with van der Waals surface area (Å²) in [6.07, 6.45) is 2.25. The summed E-state index contributed by atoms with van der Waals surface area (Å²) in [6.45, 7) is 4.00. The van der Waals surface area contributed by atoms with Crippen molar-refractivity contribution in [3.63, 3.8) is 0 Å². The Hall–Kier alpha value is -3.96. The highest BCUT2D eigenvalue weighted by Gasteiger charge is 2.43. The molecule has 2 aliphatic rings. The zero-order valence-electron chi connectivity index (χ0n) is 21.0. The van der Waals surface area contributed by atoms with Crippen LogP contribution in [0, 0.1) is 17.2 Å². The van der Waals surface area contributed by atoms with E-state index in [4.69, 9.17) is 26.8 Å². The Labute approximate surface area is 221 Å². The predicted molar refractivity (Wildman–Crippen MR) is 142 cm³/mol. The van der Waals surface area contributed by atoms with Crippen LogP contribution in [0.15, 0.2) is 71.2 Å². The fourth-order valence-corrected chi connectivity index (χ4v) is 5.38. The molecule has 2 atom stereocenters. The molecule has 2 aromatic carbocycles. The van der Waals surface area contributed by atoms with E-state index < -0.39 is 17.9 Å². The summed E-state index contributed by atoms with van der Waals surface area (Å²) < 4.78 is 10.2. The van der Waals surface area contributed by atoms with Crippen LogP contribution in [0.2, 0.25) is 5.02 Å². The third-order valence-electron chi connectivity index (χ3n) is 6.80. The summed E-state index contributed by atoms with van der Waals surface area (Å²) in [4.78, 5) is 30.0. The van der Waals surface area contributed by atoms with Crippen LogP contribution in [0.25, 0.3) is 0 Å². The first-order chi connectivity index (χ1) is 17.8. The maximum atomic E-state index is 13.2. The van der Waals surface area contributed by atoms with Gasteiger partial charge in [0.2, 0.25) is 0 Å². The summed E-state index contributed by atoms with van der Waals surface area (Å²) in [7, 11) is 2.43. The number of allylic oxidation sites excluding steroid dienone is 1. The Morgan fingerprint density at radius 2 is 1.81 bits per heavy atom. The van der Waals surface area contributed by atoms with Crippen LogP contribution in [-0.4, -0.2) is 39.2 Å². The van der Waals surface area contributed by atoms with Crippen LogP contribution >= 0.6 is 11.6 Å². The molecule has 0 aromatic heterocycles. The summed E-state index contributed by atoms with van der Waals surface area (Å²) in [6, 6.07) is 16.3. The van der Waals surface area contributed by atoms with Gasteiger partial charge in [-0.3, -0.25) is 4.90 Å². The molecule has 1 saturated heterocycles. The Balaban J connectivity index is 1.92. The molecule has 2 N–H and O–H groups in total. The number of methoxy groups -OCH3 is 2. The minimum absolute atomic E-state index is 0.000169. The Morgan fingerprint density at radius 1 is 1.11 bits per heavy atom. The Morgan fingerprint density at radius 3 is 2.41 bits per heavy atom. The number of carbonyl (C=O) groups is 2. The van der Waals surface area contributed by atoms with E-state index in [1.54, 1.807) is 36.4 Å². The van der Waals surface area contributed by atoms with Gasteiger partial charge in [0.1, 0.15) is 11.5 Å². The average Bonchev–Trinajstić information content (AvgIpc) is 2.91. The largest absolute Gasteiger partial charge is 0.466 e. The van der Waals surface area contributed by atoms with Crippen molar-refractivity contribution in [1.29, 1.82) is 5.26 Å². The fourth-order valence-electron chi connectivity index (χ4n) is 5.08. The molecule has 0 bridgehead atoms. The van der Waals surface area contributed by atoms with Crippen molar-refractivity contribution in [3.05, 3.63) is 81.8 Å². The van der Waals surface area contributed by atoms with E-state index in [0.29, 0.717) is 22.2 Å². The number of piperidine rings is 1. The number of benzene rings is 2. The second kappa shape index (κ2) is 11.0. The number of nitriles is 1. The van der Waals surface area contributed by atoms with Crippen LogP contribution in [0.1, 0.15) is 31.2 Å². The van der Waals surface area contributed by atoms with Crippen LogP contribution in [0.5, 0.6) is 0 Å². The number of rotatable bonds is 5. The highest BCUT2D eigenvalue weighted by Crippen LogP contribution is 2.44. The van der Waals surface area contributed by atoms with E-state index in [1.807, 2.05) is 12.1 Å².